The summed E-state index contributed by atoms with van der Waals surface area (Å²) in [4.78, 5) is 16.7. The minimum absolute atomic E-state index is 0.0886. The fourth-order valence-electron chi connectivity index (χ4n) is 1.72. The Bertz CT molecular complexity index is 327. The third-order valence-electron chi connectivity index (χ3n) is 2.69. The van der Waals surface area contributed by atoms with Crippen LogP contribution in [0.4, 0.5) is 0 Å². The monoisotopic (exact) mass is 222 g/mol. The number of hydrogen-bond acceptors (Lipinski definition) is 3. The molecule has 4 nitrogen and oxygen atoms in total. The summed E-state index contributed by atoms with van der Waals surface area (Å²) in [5, 5.41) is 8.79. The van der Waals surface area contributed by atoms with Crippen LogP contribution >= 0.6 is 0 Å². The second kappa shape index (κ2) is 6.23. The van der Waals surface area contributed by atoms with Crippen LogP contribution in [-0.2, 0) is 11.3 Å². The van der Waals surface area contributed by atoms with Crippen molar-refractivity contribution >= 4 is 5.97 Å². The van der Waals surface area contributed by atoms with Crippen LogP contribution in [-0.4, -0.2) is 34.0 Å². The van der Waals surface area contributed by atoms with Gasteiger partial charge in [-0.25, -0.2) is 0 Å². The summed E-state index contributed by atoms with van der Waals surface area (Å²) in [5.41, 5.74) is 1.15. The van der Waals surface area contributed by atoms with Crippen LogP contribution in [0.3, 0.4) is 0 Å². The van der Waals surface area contributed by atoms with E-state index in [1.165, 1.54) is 0 Å². The van der Waals surface area contributed by atoms with E-state index in [9.17, 15) is 4.79 Å². The van der Waals surface area contributed by atoms with Gasteiger partial charge in [-0.05, 0) is 31.2 Å². The van der Waals surface area contributed by atoms with Gasteiger partial charge in [-0.3, -0.25) is 14.7 Å². The molecule has 0 fully saturated rings. The van der Waals surface area contributed by atoms with Crippen molar-refractivity contribution in [2.24, 2.45) is 0 Å². The Hall–Kier alpha value is -1.42. The van der Waals surface area contributed by atoms with Crippen LogP contribution in [0, 0.1) is 0 Å². The van der Waals surface area contributed by atoms with Gasteiger partial charge in [0.25, 0.3) is 0 Å². The van der Waals surface area contributed by atoms with Gasteiger partial charge in [0.2, 0.25) is 0 Å². The molecule has 0 amide bonds. The summed E-state index contributed by atoms with van der Waals surface area (Å²) in [5.74, 6) is -0.742. The lowest BCUT2D eigenvalue weighted by atomic mass is 10.1. The first kappa shape index (κ1) is 12.6. The molecule has 16 heavy (non-hydrogen) atoms. The van der Waals surface area contributed by atoms with Crippen LogP contribution in [0.2, 0.25) is 0 Å². The molecule has 1 rings (SSSR count). The standard InChI is InChI=1S/C12H18N2O2/c1-3-11(8-12(15)16)14(2)9-10-4-6-13-7-5-10/h4-7,11H,3,8-9H2,1-2H3,(H,15,16). The van der Waals surface area contributed by atoms with E-state index in [4.69, 9.17) is 5.11 Å². The molecule has 1 heterocycles. The Morgan fingerprint density at radius 3 is 2.62 bits per heavy atom. The van der Waals surface area contributed by atoms with Gasteiger partial charge in [0.05, 0.1) is 6.42 Å². The lowest BCUT2D eigenvalue weighted by molar-refractivity contribution is -0.138. The van der Waals surface area contributed by atoms with E-state index < -0.39 is 5.97 Å². The molecule has 0 bridgehead atoms. The molecule has 0 aliphatic rings. The van der Waals surface area contributed by atoms with Gasteiger partial charge in [0.15, 0.2) is 0 Å². The molecule has 1 aromatic heterocycles. The number of carbonyl (C=O) groups is 1. The van der Waals surface area contributed by atoms with Gasteiger partial charge in [-0.1, -0.05) is 6.92 Å². The maximum absolute atomic E-state index is 10.7. The summed E-state index contributed by atoms with van der Waals surface area (Å²) in [6, 6.07) is 3.99. The van der Waals surface area contributed by atoms with E-state index in [0.29, 0.717) is 0 Å². The minimum atomic E-state index is -0.742. The molecule has 0 saturated heterocycles. The Morgan fingerprint density at radius 2 is 2.12 bits per heavy atom. The van der Waals surface area contributed by atoms with E-state index in [0.717, 1.165) is 18.5 Å². The van der Waals surface area contributed by atoms with Gasteiger partial charge >= 0.3 is 5.97 Å². The number of carboxylic acid groups (broad SMARTS) is 1. The van der Waals surface area contributed by atoms with Crippen molar-refractivity contribution < 1.29 is 9.90 Å². The topological polar surface area (TPSA) is 53.4 Å². The van der Waals surface area contributed by atoms with Gasteiger partial charge in [0, 0.05) is 25.0 Å². The van der Waals surface area contributed by atoms with Gasteiger partial charge in [-0.15, -0.1) is 0 Å². The average Bonchev–Trinajstić information content (AvgIpc) is 2.26. The Labute approximate surface area is 95.9 Å². The molecule has 4 heteroatoms. The summed E-state index contributed by atoms with van der Waals surface area (Å²) >= 11 is 0. The fourth-order valence-corrected chi connectivity index (χ4v) is 1.72. The molecular weight excluding hydrogens is 204 g/mol. The number of aliphatic carboxylic acids is 1. The highest BCUT2D eigenvalue weighted by molar-refractivity contribution is 5.67. The molecule has 0 aliphatic carbocycles. The Balaban J connectivity index is 2.55. The summed E-state index contributed by atoms with van der Waals surface area (Å²) in [6.45, 7) is 2.77. The van der Waals surface area contributed by atoms with Crippen LogP contribution in [0.15, 0.2) is 24.5 Å². The lowest BCUT2D eigenvalue weighted by Gasteiger charge is -2.25. The Morgan fingerprint density at radius 1 is 1.50 bits per heavy atom. The lowest BCUT2D eigenvalue weighted by Crippen LogP contribution is -2.32. The van der Waals surface area contributed by atoms with Crippen LogP contribution in [0.1, 0.15) is 25.3 Å². The van der Waals surface area contributed by atoms with E-state index >= 15 is 0 Å². The maximum Gasteiger partial charge on any atom is 0.304 e. The first-order chi connectivity index (χ1) is 7.63. The predicted octanol–water partition coefficient (Wildman–Crippen LogP) is 1.77. The highest BCUT2D eigenvalue weighted by Gasteiger charge is 2.16. The van der Waals surface area contributed by atoms with Crippen molar-refractivity contribution in [1.82, 2.24) is 9.88 Å². The normalized spacial score (nSPS) is 12.7. The second-order valence-electron chi connectivity index (χ2n) is 3.93. The molecule has 0 saturated carbocycles. The molecule has 1 aromatic rings. The predicted molar refractivity (Wildman–Crippen MR) is 62.0 cm³/mol. The molecule has 1 atom stereocenters. The summed E-state index contributed by atoms with van der Waals surface area (Å²) in [6.07, 6.45) is 4.54. The van der Waals surface area contributed by atoms with Crippen molar-refractivity contribution in [3.05, 3.63) is 30.1 Å². The molecular formula is C12H18N2O2. The minimum Gasteiger partial charge on any atom is -0.481 e. The first-order valence-electron chi connectivity index (χ1n) is 5.44. The summed E-state index contributed by atoms with van der Waals surface area (Å²) < 4.78 is 0. The van der Waals surface area contributed by atoms with Crippen molar-refractivity contribution in [3.63, 3.8) is 0 Å². The van der Waals surface area contributed by atoms with E-state index in [2.05, 4.69) is 9.88 Å². The van der Waals surface area contributed by atoms with Gasteiger partial charge < -0.3 is 5.11 Å². The fraction of sp³-hybridized carbons (Fsp3) is 0.500. The second-order valence-corrected chi connectivity index (χ2v) is 3.93. The maximum atomic E-state index is 10.7. The Kier molecular flexibility index (Phi) is 4.92. The third-order valence-corrected chi connectivity index (χ3v) is 2.69. The summed E-state index contributed by atoms with van der Waals surface area (Å²) in [7, 11) is 1.96. The molecule has 88 valence electrons. The molecule has 1 unspecified atom stereocenters. The molecule has 0 aromatic carbocycles. The first-order valence-corrected chi connectivity index (χ1v) is 5.44. The zero-order valence-corrected chi connectivity index (χ0v) is 9.76. The van der Waals surface area contributed by atoms with E-state index in [-0.39, 0.29) is 12.5 Å². The van der Waals surface area contributed by atoms with Crippen LogP contribution in [0.25, 0.3) is 0 Å². The van der Waals surface area contributed by atoms with Gasteiger partial charge in [-0.2, -0.15) is 0 Å². The van der Waals surface area contributed by atoms with Crippen LogP contribution < -0.4 is 0 Å². The number of hydrogen-bond donors (Lipinski definition) is 1. The highest BCUT2D eigenvalue weighted by atomic mass is 16.4. The van der Waals surface area contributed by atoms with Crippen molar-refractivity contribution in [2.45, 2.75) is 32.4 Å². The van der Waals surface area contributed by atoms with Crippen molar-refractivity contribution in [2.75, 3.05) is 7.05 Å². The van der Waals surface area contributed by atoms with Gasteiger partial charge in [0.1, 0.15) is 0 Å². The number of aromatic nitrogens is 1. The van der Waals surface area contributed by atoms with E-state index in [1.807, 2.05) is 26.1 Å². The SMILES string of the molecule is CCC(CC(=O)O)N(C)Cc1ccncc1. The highest BCUT2D eigenvalue weighted by Crippen LogP contribution is 2.10. The third kappa shape index (κ3) is 3.98. The number of nitrogens with zero attached hydrogens (tertiary/aromatic N) is 2. The largest absolute Gasteiger partial charge is 0.481 e. The molecule has 0 aliphatic heterocycles. The average molecular weight is 222 g/mol. The zero-order valence-electron chi connectivity index (χ0n) is 9.76. The van der Waals surface area contributed by atoms with Crippen molar-refractivity contribution in [1.29, 1.82) is 0 Å². The smallest absolute Gasteiger partial charge is 0.304 e. The number of rotatable bonds is 6. The van der Waals surface area contributed by atoms with Crippen LogP contribution in [0.5, 0.6) is 0 Å². The molecule has 0 radical (unpaired) electrons. The quantitative estimate of drug-likeness (QED) is 0.797. The molecule has 0 spiro atoms. The zero-order chi connectivity index (χ0) is 12.0. The number of carboxylic acids is 1. The number of pyridine rings is 1. The van der Waals surface area contributed by atoms with Crippen molar-refractivity contribution in [3.8, 4) is 0 Å². The van der Waals surface area contributed by atoms with E-state index in [1.54, 1.807) is 12.4 Å². The molecule has 1 N–H and O–H groups in total.